The SMILES string of the molecule is Cc1cc([N+](=O)[O-])ccc1-n1c(C)cc(C=C(C#N)C(=O)NCc2ccccc2)c1C. The molecular formula is C24H22N4O3. The van der Waals surface area contributed by atoms with Crippen molar-refractivity contribution in [2.24, 2.45) is 0 Å². The van der Waals surface area contributed by atoms with Crippen molar-refractivity contribution in [3.05, 3.63) is 98.4 Å². The number of nitriles is 1. The third-order valence-corrected chi connectivity index (χ3v) is 5.06. The topological polar surface area (TPSA) is 101 Å². The van der Waals surface area contributed by atoms with E-state index < -0.39 is 10.8 Å². The number of carbonyl (C=O) groups is 1. The Morgan fingerprint density at radius 1 is 1.16 bits per heavy atom. The van der Waals surface area contributed by atoms with Gasteiger partial charge in [0.2, 0.25) is 0 Å². The number of hydrogen-bond donors (Lipinski definition) is 1. The van der Waals surface area contributed by atoms with Gasteiger partial charge in [0, 0.05) is 35.8 Å². The van der Waals surface area contributed by atoms with E-state index in [4.69, 9.17) is 0 Å². The summed E-state index contributed by atoms with van der Waals surface area (Å²) in [7, 11) is 0. The number of amides is 1. The second-order valence-electron chi connectivity index (χ2n) is 7.23. The zero-order chi connectivity index (χ0) is 22.5. The number of nitro groups is 1. The monoisotopic (exact) mass is 414 g/mol. The predicted octanol–water partition coefficient (Wildman–Crippen LogP) is 4.53. The van der Waals surface area contributed by atoms with E-state index in [1.165, 1.54) is 12.1 Å². The van der Waals surface area contributed by atoms with Gasteiger partial charge in [-0.15, -0.1) is 0 Å². The number of carbonyl (C=O) groups excluding carboxylic acids is 1. The van der Waals surface area contributed by atoms with Crippen molar-refractivity contribution in [3.8, 4) is 11.8 Å². The molecule has 3 rings (SSSR count). The molecule has 0 unspecified atom stereocenters. The summed E-state index contributed by atoms with van der Waals surface area (Å²) in [5, 5.41) is 23.3. The maximum atomic E-state index is 12.5. The molecule has 0 radical (unpaired) electrons. The molecule has 1 N–H and O–H groups in total. The molecule has 0 aliphatic rings. The summed E-state index contributed by atoms with van der Waals surface area (Å²) in [6.07, 6.45) is 1.57. The quantitative estimate of drug-likeness (QED) is 0.277. The number of benzene rings is 2. The van der Waals surface area contributed by atoms with Crippen molar-refractivity contribution in [1.82, 2.24) is 9.88 Å². The molecule has 0 aliphatic heterocycles. The molecule has 0 aliphatic carbocycles. The van der Waals surface area contributed by atoms with Crippen LogP contribution in [0.15, 0.2) is 60.2 Å². The van der Waals surface area contributed by atoms with Crippen LogP contribution in [0.2, 0.25) is 0 Å². The first-order valence-corrected chi connectivity index (χ1v) is 9.70. The molecule has 0 saturated carbocycles. The second kappa shape index (κ2) is 9.09. The van der Waals surface area contributed by atoms with Crippen LogP contribution in [0.3, 0.4) is 0 Å². The van der Waals surface area contributed by atoms with Crippen LogP contribution in [-0.2, 0) is 11.3 Å². The number of hydrogen-bond acceptors (Lipinski definition) is 4. The largest absolute Gasteiger partial charge is 0.347 e. The van der Waals surface area contributed by atoms with Crippen molar-refractivity contribution < 1.29 is 9.72 Å². The van der Waals surface area contributed by atoms with E-state index in [1.54, 1.807) is 12.1 Å². The number of nitro benzene ring substituents is 1. The van der Waals surface area contributed by atoms with Gasteiger partial charge >= 0.3 is 0 Å². The van der Waals surface area contributed by atoms with Crippen LogP contribution in [0.1, 0.15) is 28.1 Å². The van der Waals surface area contributed by atoms with Gasteiger partial charge in [0.05, 0.1) is 4.92 Å². The average Bonchev–Trinajstić information content (AvgIpc) is 3.03. The number of nitrogens with one attached hydrogen (secondary N) is 1. The van der Waals surface area contributed by atoms with Gasteiger partial charge in [-0.25, -0.2) is 0 Å². The minimum atomic E-state index is -0.442. The lowest BCUT2D eigenvalue weighted by Gasteiger charge is -2.12. The van der Waals surface area contributed by atoms with E-state index in [2.05, 4.69) is 5.32 Å². The predicted molar refractivity (Wildman–Crippen MR) is 119 cm³/mol. The second-order valence-corrected chi connectivity index (χ2v) is 7.23. The Balaban J connectivity index is 1.89. The minimum absolute atomic E-state index is 0.0107. The maximum absolute atomic E-state index is 12.5. The first-order valence-electron chi connectivity index (χ1n) is 9.70. The van der Waals surface area contributed by atoms with Crippen molar-refractivity contribution in [2.45, 2.75) is 27.3 Å². The zero-order valence-corrected chi connectivity index (χ0v) is 17.5. The Kier molecular flexibility index (Phi) is 6.32. The first kappa shape index (κ1) is 21.5. The molecule has 1 amide bonds. The molecule has 1 aromatic heterocycles. The lowest BCUT2D eigenvalue weighted by Crippen LogP contribution is -2.23. The van der Waals surface area contributed by atoms with Gasteiger partial charge in [-0.2, -0.15) is 5.26 Å². The molecule has 0 fully saturated rings. The molecule has 1 heterocycles. The van der Waals surface area contributed by atoms with Gasteiger partial charge in [-0.05, 0) is 55.7 Å². The third-order valence-electron chi connectivity index (χ3n) is 5.06. The molecule has 31 heavy (non-hydrogen) atoms. The Bertz CT molecular complexity index is 1220. The smallest absolute Gasteiger partial charge is 0.269 e. The molecule has 2 aromatic carbocycles. The summed E-state index contributed by atoms with van der Waals surface area (Å²) in [6.45, 7) is 5.94. The third kappa shape index (κ3) is 4.70. The van der Waals surface area contributed by atoms with Crippen LogP contribution in [0.25, 0.3) is 11.8 Å². The van der Waals surface area contributed by atoms with Crippen LogP contribution in [0, 0.1) is 42.2 Å². The van der Waals surface area contributed by atoms with Gasteiger partial charge in [-0.1, -0.05) is 30.3 Å². The lowest BCUT2D eigenvalue weighted by molar-refractivity contribution is -0.384. The summed E-state index contributed by atoms with van der Waals surface area (Å²) in [5.41, 5.74) is 5.02. The number of aromatic nitrogens is 1. The summed E-state index contributed by atoms with van der Waals surface area (Å²) in [6, 6.07) is 18.0. The highest BCUT2D eigenvalue weighted by molar-refractivity contribution is 6.01. The van der Waals surface area contributed by atoms with Crippen molar-refractivity contribution in [2.75, 3.05) is 0 Å². The highest BCUT2D eigenvalue weighted by Crippen LogP contribution is 2.27. The van der Waals surface area contributed by atoms with E-state index in [1.807, 2.05) is 67.8 Å². The standard InChI is InChI=1S/C24H22N4O3/c1-16-11-22(28(30)31)9-10-23(16)27-17(2)12-20(18(27)3)13-21(14-25)24(29)26-15-19-7-5-4-6-8-19/h4-13H,15H2,1-3H3,(H,26,29). The van der Waals surface area contributed by atoms with Crippen LogP contribution >= 0.6 is 0 Å². The van der Waals surface area contributed by atoms with Crippen molar-refractivity contribution >= 4 is 17.7 Å². The highest BCUT2D eigenvalue weighted by atomic mass is 16.6. The fourth-order valence-electron chi connectivity index (χ4n) is 3.49. The maximum Gasteiger partial charge on any atom is 0.269 e. The summed E-state index contributed by atoms with van der Waals surface area (Å²) < 4.78 is 1.96. The molecule has 7 nitrogen and oxygen atoms in total. The van der Waals surface area contributed by atoms with E-state index in [-0.39, 0.29) is 11.3 Å². The van der Waals surface area contributed by atoms with Gasteiger partial charge in [0.1, 0.15) is 11.6 Å². The number of non-ortho nitro benzene ring substituents is 1. The summed E-state index contributed by atoms with van der Waals surface area (Å²) in [4.78, 5) is 23.1. The molecule has 7 heteroatoms. The normalized spacial score (nSPS) is 11.1. The molecule has 0 saturated heterocycles. The average molecular weight is 414 g/mol. The molecule has 0 spiro atoms. The molecule has 0 bridgehead atoms. The van der Waals surface area contributed by atoms with Gasteiger partial charge in [0.25, 0.3) is 11.6 Å². The fourth-order valence-corrected chi connectivity index (χ4v) is 3.49. The Morgan fingerprint density at radius 2 is 1.87 bits per heavy atom. The Labute approximate surface area is 180 Å². The Morgan fingerprint density at radius 3 is 2.48 bits per heavy atom. The van der Waals surface area contributed by atoms with Crippen molar-refractivity contribution in [1.29, 1.82) is 5.26 Å². The van der Waals surface area contributed by atoms with Gasteiger partial charge in [-0.3, -0.25) is 14.9 Å². The van der Waals surface area contributed by atoms with E-state index in [9.17, 15) is 20.2 Å². The number of nitrogens with zero attached hydrogens (tertiary/aromatic N) is 3. The van der Waals surface area contributed by atoms with Crippen LogP contribution < -0.4 is 5.32 Å². The molecule has 156 valence electrons. The summed E-state index contributed by atoms with van der Waals surface area (Å²) >= 11 is 0. The van der Waals surface area contributed by atoms with Crippen LogP contribution in [0.5, 0.6) is 0 Å². The van der Waals surface area contributed by atoms with E-state index >= 15 is 0 Å². The fraction of sp³-hybridized carbons (Fsp3) is 0.167. The van der Waals surface area contributed by atoms with Crippen LogP contribution in [0.4, 0.5) is 5.69 Å². The Hall–Kier alpha value is -4.18. The number of aryl methyl sites for hydroxylation is 2. The van der Waals surface area contributed by atoms with Crippen molar-refractivity contribution in [3.63, 3.8) is 0 Å². The molecular weight excluding hydrogens is 392 g/mol. The zero-order valence-electron chi connectivity index (χ0n) is 17.5. The first-order chi connectivity index (χ1) is 14.8. The number of rotatable bonds is 6. The lowest BCUT2D eigenvalue weighted by atomic mass is 10.1. The molecule has 3 aromatic rings. The van der Waals surface area contributed by atoms with E-state index in [0.29, 0.717) is 6.54 Å². The van der Waals surface area contributed by atoms with E-state index in [0.717, 1.165) is 33.8 Å². The van der Waals surface area contributed by atoms with Gasteiger partial charge < -0.3 is 9.88 Å². The van der Waals surface area contributed by atoms with Crippen LogP contribution in [-0.4, -0.2) is 15.4 Å². The molecule has 0 atom stereocenters. The van der Waals surface area contributed by atoms with Gasteiger partial charge in [0.15, 0.2) is 0 Å². The highest BCUT2D eigenvalue weighted by Gasteiger charge is 2.16. The minimum Gasteiger partial charge on any atom is -0.347 e. The summed E-state index contributed by atoms with van der Waals surface area (Å²) in [5.74, 6) is -0.442.